The molecule has 8 nitrogen and oxygen atoms in total. The summed E-state index contributed by atoms with van der Waals surface area (Å²) in [6.45, 7) is 0.125. The maximum absolute atomic E-state index is 12.9. The second-order valence-corrected chi connectivity index (χ2v) is 7.73. The Morgan fingerprint density at radius 3 is 2.35 bits per heavy atom. The first-order valence-corrected chi connectivity index (χ1v) is 10.2. The van der Waals surface area contributed by atoms with Crippen LogP contribution in [0.1, 0.15) is 17.2 Å². The Hall–Kier alpha value is -3.17. The molecule has 2 amide bonds. The first kappa shape index (κ1) is 22.5. The Balaban J connectivity index is 2.04. The summed E-state index contributed by atoms with van der Waals surface area (Å²) in [5.74, 6) is -1.94. The zero-order chi connectivity index (χ0) is 22.5. The summed E-state index contributed by atoms with van der Waals surface area (Å²) < 4.78 is 11.2. The van der Waals surface area contributed by atoms with E-state index in [4.69, 9.17) is 15.2 Å². The molecular formula is C22H21BrN2O6. The monoisotopic (exact) mass is 488 g/mol. The fourth-order valence-electron chi connectivity index (χ4n) is 3.31. The first-order chi connectivity index (χ1) is 14.8. The van der Waals surface area contributed by atoms with Crippen LogP contribution < -0.4 is 10.5 Å². The second kappa shape index (κ2) is 9.76. The van der Waals surface area contributed by atoms with Crippen LogP contribution in [0, 0.1) is 0 Å². The van der Waals surface area contributed by atoms with Gasteiger partial charge in [0.2, 0.25) is 0 Å². The molecule has 1 aliphatic heterocycles. The van der Waals surface area contributed by atoms with Gasteiger partial charge in [0.25, 0.3) is 17.6 Å². The molecule has 1 unspecified atom stereocenters. The van der Waals surface area contributed by atoms with Crippen molar-refractivity contribution in [3.8, 4) is 5.75 Å². The molecule has 0 saturated carbocycles. The van der Waals surface area contributed by atoms with Gasteiger partial charge in [-0.2, -0.15) is 0 Å². The van der Waals surface area contributed by atoms with Gasteiger partial charge in [0, 0.05) is 23.7 Å². The number of methoxy groups -OCH3 is 1. The van der Waals surface area contributed by atoms with Crippen LogP contribution >= 0.6 is 15.9 Å². The van der Waals surface area contributed by atoms with Crippen LogP contribution in [-0.4, -0.2) is 54.5 Å². The molecule has 2 aromatic carbocycles. The van der Waals surface area contributed by atoms with E-state index in [1.807, 2.05) is 0 Å². The van der Waals surface area contributed by atoms with E-state index in [-0.39, 0.29) is 31.1 Å². The Labute approximate surface area is 187 Å². The highest BCUT2D eigenvalue weighted by Crippen LogP contribution is 2.39. The molecule has 1 heterocycles. The van der Waals surface area contributed by atoms with Crippen LogP contribution in [0.5, 0.6) is 5.75 Å². The molecule has 1 aliphatic rings. The summed E-state index contributed by atoms with van der Waals surface area (Å²) in [4.78, 5) is 37.9. The quantitative estimate of drug-likeness (QED) is 0.334. The second-order valence-electron chi connectivity index (χ2n) is 6.82. The van der Waals surface area contributed by atoms with E-state index in [0.29, 0.717) is 16.9 Å². The number of likely N-dealkylation sites (tertiary alicyclic amines) is 1. The molecule has 9 heteroatoms. The highest BCUT2D eigenvalue weighted by atomic mass is 79.9. The number of ketones is 1. The van der Waals surface area contributed by atoms with E-state index in [1.165, 1.54) is 12.0 Å². The average molecular weight is 489 g/mol. The van der Waals surface area contributed by atoms with Crippen LogP contribution in [0.3, 0.4) is 0 Å². The van der Waals surface area contributed by atoms with Crippen molar-refractivity contribution < 1.29 is 29.0 Å². The molecule has 3 N–H and O–H groups in total. The van der Waals surface area contributed by atoms with E-state index in [2.05, 4.69) is 15.9 Å². The van der Waals surface area contributed by atoms with Crippen molar-refractivity contribution in [2.75, 3.05) is 26.9 Å². The molecule has 2 aromatic rings. The zero-order valence-electron chi connectivity index (χ0n) is 16.7. The van der Waals surface area contributed by atoms with Crippen molar-refractivity contribution in [3.63, 3.8) is 0 Å². The lowest BCUT2D eigenvalue weighted by Gasteiger charge is -2.25. The van der Waals surface area contributed by atoms with Crippen molar-refractivity contribution in [2.24, 2.45) is 5.73 Å². The number of primary amides is 1. The van der Waals surface area contributed by atoms with Gasteiger partial charge in [-0.05, 0) is 29.8 Å². The lowest BCUT2D eigenvalue weighted by molar-refractivity contribution is -0.140. The number of carbonyl (C=O) groups excluding carboxylic acids is 3. The number of halogens is 1. The number of carbonyl (C=O) groups is 3. The molecule has 0 bridgehead atoms. The number of rotatable bonds is 8. The Kier molecular flexibility index (Phi) is 7.09. The molecule has 1 fully saturated rings. The predicted molar refractivity (Wildman–Crippen MR) is 116 cm³/mol. The molecular weight excluding hydrogens is 468 g/mol. The average Bonchev–Trinajstić information content (AvgIpc) is 3.01. The Morgan fingerprint density at radius 2 is 1.77 bits per heavy atom. The van der Waals surface area contributed by atoms with Gasteiger partial charge >= 0.3 is 0 Å². The van der Waals surface area contributed by atoms with Gasteiger partial charge in [-0.1, -0.05) is 40.2 Å². The van der Waals surface area contributed by atoms with Gasteiger partial charge in [0.15, 0.2) is 6.61 Å². The third-order valence-electron chi connectivity index (χ3n) is 4.77. The molecule has 0 aromatic heterocycles. The van der Waals surface area contributed by atoms with Crippen LogP contribution in [0.4, 0.5) is 0 Å². The lowest BCUT2D eigenvalue weighted by atomic mass is 9.95. The number of benzene rings is 2. The Bertz CT molecular complexity index is 1020. The SMILES string of the molecule is COCCN1C(=O)C(=O)/C(=C(\O)c2ccc(Br)cc2)C1c1ccc(OCC(N)=O)cc1. The lowest BCUT2D eigenvalue weighted by Crippen LogP contribution is -2.32. The number of hydrogen-bond acceptors (Lipinski definition) is 6. The molecule has 0 spiro atoms. The maximum Gasteiger partial charge on any atom is 0.295 e. The number of nitrogens with two attached hydrogens (primary N) is 1. The smallest absolute Gasteiger partial charge is 0.295 e. The maximum atomic E-state index is 12.9. The van der Waals surface area contributed by atoms with E-state index in [1.54, 1.807) is 48.5 Å². The minimum atomic E-state index is -0.802. The predicted octanol–water partition coefficient (Wildman–Crippen LogP) is 2.38. The number of aliphatic hydroxyl groups is 1. The van der Waals surface area contributed by atoms with Crippen molar-refractivity contribution in [3.05, 3.63) is 69.7 Å². The van der Waals surface area contributed by atoms with E-state index in [0.717, 1.165) is 4.47 Å². The van der Waals surface area contributed by atoms with Gasteiger partial charge < -0.3 is 25.2 Å². The van der Waals surface area contributed by atoms with Gasteiger partial charge in [-0.25, -0.2) is 0 Å². The third-order valence-corrected chi connectivity index (χ3v) is 5.30. The molecule has 1 saturated heterocycles. The summed E-state index contributed by atoms with van der Waals surface area (Å²) in [6, 6.07) is 12.5. The van der Waals surface area contributed by atoms with Crippen molar-refractivity contribution >= 4 is 39.3 Å². The van der Waals surface area contributed by atoms with Crippen LogP contribution in [0.25, 0.3) is 5.76 Å². The summed E-state index contributed by atoms with van der Waals surface area (Å²) in [6.07, 6.45) is 0. The summed E-state index contributed by atoms with van der Waals surface area (Å²) in [5.41, 5.74) is 6.10. The fraction of sp³-hybridized carbons (Fsp3) is 0.227. The molecule has 31 heavy (non-hydrogen) atoms. The summed E-state index contributed by atoms with van der Waals surface area (Å²) in [7, 11) is 1.50. The first-order valence-electron chi connectivity index (χ1n) is 9.38. The highest BCUT2D eigenvalue weighted by molar-refractivity contribution is 9.10. The largest absolute Gasteiger partial charge is 0.507 e. The minimum Gasteiger partial charge on any atom is -0.507 e. The zero-order valence-corrected chi connectivity index (χ0v) is 18.3. The minimum absolute atomic E-state index is 0.00534. The number of amides is 2. The van der Waals surface area contributed by atoms with Crippen LogP contribution in [-0.2, 0) is 19.1 Å². The molecule has 1 atom stereocenters. The van der Waals surface area contributed by atoms with Crippen molar-refractivity contribution in [1.82, 2.24) is 4.90 Å². The number of ether oxygens (including phenoxy) is 2. The van der Waals surface area contributed by atoms with E-state index >= 15 is 0 Å². The molecule has 3 rings (SSSR count). The van der Waals surface area contributed by atoms with Gasteiger partial charge in [-0.15, -0.1) is 0 Å². The van der Waals surface area contributed by atoms with Gasteiger partial charge in [0.05, 0.1) is 18.2 Å². The van der Waals surface area contributed by atoms with Crippen LogP contribution in [0.2, 0.25) is 0 Å². The third kappa shape index (κ3) is 4.95. The van der Waals surface area contributed by atoms with Gasteiger partial charge in [-0.3, -0.25) is 14.4 Å². The van der Waals surface area contributed by atoms with Crippen LogP contribution in [0.15, 0.2) is 58.6 Å². The molecule has 0 aliphatic carbocycles. The molecule has 0 radical (unpaired) electrons. The van der Waals surface area contributed by atoms with E-state index < -0.39 is 23.6 Å². The normalized spacial score (nSPS) is 17.7. The highest BCUT2D eigenvalue weighted by Gasteiger charge is 2.45. The number of nitrogens with zero attached hydrogens (tertiary/aromatic N) is 1. The van der Waals surface area contributed by atoms with Crippen molar-refractivity contribution in [1.29, 1.82) is 0 Å². The standard InChI is InChI=1S/C22H21BrN2O6/c1-30-11-10-25-19(13-4-8-16(9-5-13)31-12-17(24)26)18(21(28)22(25)29)20(27)14-2-6-15(23)7-3-14/h2-9,19,27H,10-12H2,1H3,(H2,24,26)/b20-18-. The Morgan fingerprint density at radius 1 is 1.13 bits per heavy atom. The van der Waals surface area contributed by atoms with E-state index in [9.17, 15) is 19.5 Å². The number of hydrogen-bond donors (Lipinski definition) is 2. The van der Waals surface area contributed by atoms with Gasteiger partial charge in [0.1, 0.15) is 11.5 Å². The number of Topliss-reactive ketones (excluding diaryl/α,β-unsaturated/α-hetero) is 1. The molecule has 162 valence electrons. The summed E-state index contributed by atoms with van der Waals surface area (Å²) in [5, 5.41) is 10.9. The topological polar surface area (TPSA) is 119 Å². The van der Waals surface area contributed by atoms with Crippen molar-refractivity contribution in [2.45, 2.75) is 6.04 Å². The summed E-state index contributed by atoms with van der Waals surface area (Å²) >= 11 is 3.33. The number of aliphatic hydroxyl groups excluding tert-OH is 1. The fourth-order valence-corrected chi connectivity index (χ4v) is 3.58.